The highest BCUT2D eigenvalue weighted by atomic mass is 32.2. The highest BCUT2D eigenvalue weighted by Crippen LogP contribution is 2.47. The van der Waals surface area contributed by atoms with Crippen molar-refractivity contribution in [2.75, 3.05) is 19.5 Å². The molecular weight excluding hydrogens is 474 g/mol. The molecule has 0 amide bonds. The van der Waals surface area contributed by atoms with Crippen molar-refractivity contribution >= 4 is 15.6 Å². The first-order valence-electron chi connectivity index (χ1n) is 11.8. The van der Waals surface area contributed by atoms with Crippen molar-refractivity contribution in [3.05, 3.63) is 83.2 Å². The third kappa shape index (κ3) is 5.01. The Labute approximate surface area is 212 Å². The molecule has 0 spiro atoms. The molecule has 8 heteroatoms. The molecule has 3 aromatic rings. The zero-order valence-corrected chi connectivity index (χ0v) is 22.1. The number of ether oxygens (including phenoxy) is 1. The van der Waals surface area contributed by atoms with E-state index in [1.165, 1.54) is 6.20 Å². The van der Waals surface area contributed by atoms with Crippen LogP contribution in [-0.2, 0) is 24.8 Å². The minimum atomic E-state index is -3.63. The molecule has 0 fully saturated rings. The third-order valence-electron chi connectivity index (χ3n) is 6.69. The average Bonchev–Trinajstić information content (AvgIpc) is 3.04. The number of Topliss-reactive ketones (excluding diaryl/α,β-unsaturated/α-hetero) is 1. The number of pyridine rings is 1. The van der Waals surface area contributed by atoms with Crippen LogP contribution < -0.4 is 0 Å². The Morgan fingerprint density at radius 2 is 1.81 bits per heavy atom. The number of methoxy groups -OCH3 is 1. The summed E-state index contributed by atoms with van der Waals surface area (Å²) in [5, 5.41) is 0. The minimum Gasteiger partial charge on any atom is -0.384 e. The van der Waals surface area contributed by atoms with Crippen LogP contribution in [0.1, 0.15) is 55.6 Å². The van der Waals surface area contributed by atoms with Crippen LogP contribution in [0.2, 0.25) is 0 Å². The van der Waals surface area contributed by atoms with Gasteiger partial charge in [-0.3, -0.25) is 9.78 Å². The molecule has 0 aliphatic heterocycles. The molecule has 2 heterocycles. The van der Waals surface area contributed by atoms with Gasteiger partial charge in [-0.15, -0.1) is 0 Å². The summed E-state index contributed by atoms with van der Waals surface area (Å²) in [5.74, 6) is -0.0220. The number of carbonyl (C=O) groups is 1. The third-order valence-corrected chi connectivity index (χ3v) is 8.46. The summed E-state index contributed by atoms with van der Waals surface area (Å²) in [6.45, 7) is 7.97. The van der Waals surface area contributed by atoms with Gasteiger partial charge >= 0.3 is 0 Å². The maximum absolute atomic E-state index is 13.6. The van der Waals surface area contributed by atoms with Crippen LogP contribution in [-0.4, -0.2) is 48.6 Å². The molecule has 1 aromatic carbocycles. The fraction of sp³-hybridized carbons (Fsp3) is 0.357. The van der Waals surface area contributed by atoms with E-state index in [0.717, 1.165) is 27.8 Å². The Morgan fingerprint density at radius 3 is 2.50 bits per heavy atom. The number of rotatable bonds is 8. The number of benzene rings is 1. The highest BCUT2D eigenvalue weighted by Gasteiger charge is 2.46. The normalized spacial score (nSPS) is 17.3. The molecular formula is C28H31N3O4S. The summed E-state index contributed by atoms with van der Waals surface area (Å²) < 4.78 is 31.3. The van der Waals surface area contributed by atoms with Gasteiger partial charge < -0.3 is 4.74 Å². The number of fused-ring (bicyclic) bond motifs is 1. The van der Waals surface area contributed by atoms with E-state index in [-0.39, 0.29) is 16.4 Å². The van der Waals surface area contributed by atoms with Crippen LogP contribution >= 0.6 is 0 Å². The number of aryl methyl sites for hydroxylation is 1. The summed E-state index contributed by atoms with van der Waals surface area (Å²) in [7, 11) is -2.02. The minimum absolute atomic E-state index is 0.0156. The number of nitrogens with zero attached hydrogens (tertiary/aromatic N) is 3. The molecule has 0 saturated heterocycles. The molecule has 1 atom stereocenters. The van der Waals surface area contributed by atoms with Crippen molar-refractivity contribution in [3.8, 4) is 11.1 Å². The summed E-state index contributed by atoms with van der Waals surface area (Å²) in [5.41, 5.74) is 4.14. The van der Waals surface area contributed by atoms with Crippen molar-refractivity contribution in [1.29, 1.82) is 0 Å². The summed E-state index contributed by atoms with van der Waals surface area (Å²) in [4.78, 5) is 26.6. The van der Waals surface area contributed by atoms with Crippen molar-refractivity contribution < 1.29 is 17.9 Å². The smallest absolute Gasteiger partial charge is 0.183 e. The Hall–Kier alpha value is -3.23. The number of hydrogen-bond donors (Lipinski definition) is 0. The molecule has 0 saturated carbocycles. The van der Waals surface area contributed by atoms with Gasteiger partial charge in [0.2, 0.25) is 0 Å². The molecule has 2 aromatic heterocycles. The lowest BCUT2D eigenvalue weighted by Crippen LogP contribution is -2.26. The van der Waals surface area contributed by atoms with Gasteiger partial charge in [-0.1, -0.05) is 23.8 Å². The van der Waals surface area contributed by atoms with Gasteiger partial charge in [0.15, 0.2) is 15.6 Å². The van der Waals surface area contributed by atoms with E-state index >= 15 is 0 Å². The largest absolute Gasteiger partial charge is 0.384 e. The zero-order valence-electron chi connectivity index (χ0n) is 21.3. The first-order valence-corrected chi connectivity index (χ1v) is 13.5. The number of hydrogen-bond acceptors (Lipinski definition) is 7. The van der Waals surface area contributed by atoms with E-state index < -0.39 is 21.2 Å². The first kappa shape index (κ1) is 25.9. The van der Waals surface area contributed by atoms with Crippen LogP contribution in [0.4, 0.5) is 0 Å². The molecule has 0 radical (unpaired) electrons. The quantitative estimate of drug-likeness (QED) is 0.326. The summed E-state index contributed by atoms with van der Waals surface area (Å²) in [6.07, 6.45) is 8.99. The van der Waals surface area contributed by atoms with E-state index in [1.54, 1.807) is 38.7 Å². The van der Waals surface area contributed by atoms with Crippen LogP contribution in [0, 0.1) is 6.92 Å². The van der Waals surface area contributed by atoms with Crippen molar-refractivity contribution in [3.63, 3.8) is 0 Å². The molecule has 1 unspecified atom stereocenters. The van der Waals surface area contributed by atoms with Gasteiger partial charge in [-0.25, -0.2) is 18.4 Å². The predicted molar refractivity (Wildman–Crippen MR) is 139 cm³/mol. The second kappa shape index (κ2) is 10.0. The second-order valence-corrected chi connectivity index (χ2v) is 11.8. The van der Waals surface area contributed by atoms with Crippen LogP contribution in [0.5, 0.6) is 0 Å². The summed E-state index contributed by atoms with van der Waals surface area (Å²) in [6, 6.07) is 7.54. The van der Waals surface area contributed by atoms with E-state index in [2.05, 4.69) is 15.0 Å². The highest BCUT2D eigenvalue weighted by molar-refractivity contribution is 7.91. The number of sulfone groups is 1. The van der Waals surface area contributed by atoms with E-state index in [1.807, 2.05) is 45.0 Å². The number of carbonyl (C=O) groups excluding carboxylic acids is 1. The van der Waals surface area contributed by atoms with E-state index in [0.29, 0.717) is 24.4 Å². The first-order chi connectivity index (χ1) is 17.0. The zero-order chi connectivity index (χ0) is 26.1. The van der Waals surface area contributed by atoms with Gasteiger partial charge in [0.1, 0.15) is 5.82 Å². The molecule has 0 N–H and O–H groups in total. The van der Waals surface area contributed by atoms with Crippen molar-refractivity contribution in [1.82, 2.24) is 15.0 Å². The van der Waals surface area contributed by atoms with Gasteiger partial charge in [0.25, 0.3) is 0 Å². The molecule has 7 nitrogen and oxygen atoms in total. The number of ketones is 1. The molecule has 36 heavy (non-hydrogen) atoms. The van der Waals surface area contributed by atoms with Crippen LogP contribution in [0.25, 0.3) is 11.1 Å². The molecule has 1 aliphatic rings. The van der Waals surface area contributed by atoms with E-state index in [9.17, 15) is 13.2 Å². The fourth-order valence-corrected chi connectivity index (χ4v) is 6.11. The topological polar surface area (TPSA) is 99.1 Å². The van der Waals surface area contributed by atoms with Crippen LogP contribution in [0.15, 0.2) is 65.6 Å². The molecule has 4 rings (SSSR count). The maximum atomic E-state index is 13.6. The van der Waals surface area contributed by atoms with Gasteiger partial charge in [0.05, 0.1) is 16.6 Å². The molecule has 188 valence electrons. The molecule has 1 aliphatic carbocycles. The van der Waals surface area contributed by atoms with Gasteiger partial charge in [-0.2, -0.15) is 0 Å². The van der Waals surface area contributed by atoms with E-state index in [4.69, 9.17) is 4.74 Å². The van der Waals surface area contributed by atoms with Crippen molar-refractivity contribution in [2.45, 2.75) is 50.3 Å². The second-order valence-electron chi connectivity index (χ2n) is 9.79. The Bertz CT molecular complexity index is 1430. The van der Waals surface area contributed by atoms with Crippen molar-refractivity contribution in [2.24, 2.45) is 0 Å². The predicted octanol–water partition coefficient (Wildman–Crippen LogP) is 4.60. The number of aromatic nitrogens is 3. The maximum Gasteiger partial charge on any atom is 0.183 e. The standard InChI is InChI=1S/C28H31N3O4S/c1-18(7-6-10-35-5)17-36(33,34)23-11-21(13-29-16-23)26-24-12-20(22-14-30-19(2)31-15-22)8-9-25(24)28(3,4)27(26)32/h7-9,11-16,26H,6,10,17H2,1-5H3/b18-7+. The Kier molecular flexibility index (Phi) is 7.20. The lowest BCUT2D eigenvalue weighted by Gasteiger charge is -2.18. The average molecular weight is 506 g/mol. The lowest BCUT2D eigenvalue weighted by molar-refractivity contribution is -0.122. The molecule has 0 bridgehead atoms. The SMILES string of the molecule is COCC/C=C(\C)CS(=O)(=O)c1cncc(C2C(=O)C(C)(C)c3ccc(-c4cnc(C)nc4)cc32)c1. The van der Waals surface area contributed by atoms with Gasteiger partial charge in [0, 0.05) is 49.5 Å². The summed E-state index contributed by atoms with van der Waals surface area (Å²) >= 11 is 0. The fourth-order valence-electron chi connectivity index (χ4n) is 4.69. The Balaban J connectivity index is 1.73. The van der Waals surface area contributed by atoms with Gasteiger partial charge in [-0.05, 0) is 68.5 Å². The monoisotopic (exact) mass is 505 g/mol. The van der Waals surface area contributed by atoms with Crippen LogP contribution in [0.3, 0.4) is 0 Å². The Morgan fingerprint density at radius 1 is 1.08 bits per heavy atom. The lowest BCUT2D eigenvalue weighted by atomic mass is 9.84.